The Bertz CT molecular complexity index is 1170. The Labute approximate surface area is 159 Å². The second kappa shape index (κ2) is 7.26. The number of methoxy groups -OCH3 is 1. The van der Waals surface area contributed by atoms with Crippen LogP contribution in [-0.2, 0) is 6.54 Å². The molecule has 0 unspecified atom stereocenters. The molecular formula is C21H17F2N3O2. The Morgan fingerprint density at radius 2 is 2.00 bits per heavy atom. The lowest BCUT2D eigenvalue weighted by Crippen LogP contribution is -2.23. The average Bonchev–Trinajstić information content (AvgIpc) is 3.15. The molecule has 4 rings (SSSR count). The van der Waals surface area contributed by atoms with Gasteiger partial charge in [0.25, 0.3) is 12.3 Å². The van der Waals surface area contributed by atoms with Crippen molar-refractivity contribution in [2.45, 2.75) is 13.0 Å². The molecule has 142 valence electrons. The zero-order chi connectivity index (χ0) is 19.7. The number of benzene rings is 3. The van der Waals surface area contributed by atoms with Gasteiger partial charge >= 0.3 is 0 Å². The van der Waals surface area contributed by atoms with Crippen LogP contribution in [0.2, 0.25) is 0 Å². The number of carbonyl (C=O) groups excluding carboxylic acids is 1. The van der Waals surface area contributed by atoms with Gasteiger partial charge in [-0.1, -0.05) is 30.3 Å². The number of hydrogen-bond acceptors (Lipinski definition) is 3. The maximum absolute atomic E-state index is 12.8. The van der Waals surface area contributed by atoms with Gasteiger partial charge in [-0.25, -0.2) is 13.8 Å². The SMILES string of the molecule is COc1ccc2ccccc2c1CNC(=O)c1ccc2nc(C(F)F)[nH]c2c1. The molecule has 7 heteroatoms. The molecule has 1 aromatic heterocycles. The molecule has 0 aliphatic rings. The van der Waals surface area contributed by atoms with Gasteiger partial charge in [-0.3, -0.25) is 4.79 Å². The van der Waals surface area contributed by atoms with Crippen LogP contribution in [0.15, 0.2) is 54.6 Å². The minimum atomic E-state index is -2.69. The lowest BCUT2D eigenvalue weighted by Gasteiger charge is -2.13. The van der Waals surface area contributed by atoms with Gasteiger partial charge in [0, 0.05) is 17.7 Å². The van der Waals surface area contributed by atoms with Crippen LogP contribution in [0.1, 0.15) is 28.2 Å². The van der Waals surface area contributed by atoms with Crippen LogP contribution in [0, 0.1) is 0 Å². The zero-order valence-electron chi connectivity index (χ0n) is 15.0. The second-order valence-corrected chi connectivity index (χ2v) is 6.30. The van der Waals surface area contributed by atoms with Gasteiger partial charge in [0.15, 0.2) is 5.82 Å². The molecule has 4 aromatic rings. The molecule has 0 fully saturated rings. The second-order valence-electron chi connectivity index (χ2n) is 6.30. The number of H-pyrrole nitrogens is 1. The van der Waals surface area contributed by atoms with E-state index in [0.717, 1.165) is 16.3 Å². The lowest BCUT2D eigenvalue weighted by atomic mass is 10.0. The summed E-state index contributed by atoms with van der Waals surface area (Å²) in [7, 11) is 1.59. The van der Waals surface area contributed by atoms with E-state index < -0.39 is 12.2 Å². The van der Waals surface area contributed by atoms with Gasteiger partial charge in [-0.2, -0.15) is 0 Å². The summed E-state index contributed by atoms with van der Waals surface area (Å²) >= 11 is 0. The van der Waals surface area contributed by atoms with Crippen LogP contribution in [-0.4, -0.2) is 23.0 Å². The summed E-state index contributed by atoms with van der Waals surface area (Å²) in [6.07, 6.45) is -2.69. The summed E-state index contributed by atoms with van der Waals surface area (Å²) in [4.78, 5) is 19.0. The number of fused-ring (bicyclic) bond motifs is 2. The molecule has 1 heterocycles. The Hall–Kier alpha value is -3.48. The molecular weight excluding hydrogens is 364 g/mol. The number of nitrogens with zero attached hydrogens (tertiary/aromatic N) is 1. The van der Waals surface area contributed by atoms with Gasteiger partial charge in [0.2, 0.25) is 0 Å². The topological polar surface area (TPSA) is 67.0 Å². The first kappa shape index (κ1) is 17.9. The fourth-order valence-corrected chi connectivity index (χ4v) is 3.23. The van der Waals surface area contributed by atoms with E-state index in [1.807, 2.05) is 36.4 Å². The Morgan fingerprint density at radius 3 is 2.79 bits per heavy atom. The normalized spacial score (nSPS) is 11.3. The Balaban J connectivity index is 1.59. The lowest BCUT2D eigenvalue weighted by molar-refractivity contribution is 0.0951. The van der Waals surface area contributed by atoms with Crippen LogP contribution in [0.4, 0.5) is 8.78 Å². The van der Waals surface area contributed by atoms with E-state index in [2.05, 4.69) is 15.3 Å². The highest BCUT2D eigenvalue weighted by atomic mass is 19.3. The highest BCUT2D eigenvalue weighted by molar-refractivity contribution is 5.97. The number of ether oxygens (including phenoxy) is 1. The number of imidazole rings is 1. The zero-order valence-corrected chi connectivity index (χ0v) is 15.0. The van der Waals surface area contributed by atoms with Crippen molar-refractivity contribution < 1.29 is 18.3 Å². The molecule has 0 saturated carbocycles. The molecule has 2 N–H and O–H groups in total. The van der Waals surface area contributed by atoms with Crippen LogP contribution in [0.25, 0.3) is 21.8 Å². The molecule has 0 aliphatic carbocycles. The van der Waals surface area contributed by atoms with Crippen LogP contribution >= 0.6 is 0 Å². The van der Waals surface area contributed by atoms with Crippen molar-refractivity contribution in [2.24, 2.45) is 0 Å². The molecule has 0 spiro atoms. The van der Waals surface area contributed by atoms with Crippen molar-refractivity contribution in [3.05, 3.63) is 71.5 Å². The monoisotopic (exact) mass is 381 g/mol. The number of rotatable bonds is 5. The first-order chi connectivity index (χ1) is 13.6. The summed E-state index contributed by atoms with van der Waals surface area (Å²) < 4.78 is 31.0. The minimum absolute atomic E-state index is 0.270. The molecule has 3 aromatic carbocycles. The largest absolute Gasteiger partial charge is 0.496 e. The van der Waals surface area contributed by atoms with Gasteiger partial charge in [0.1, 0.15) is 5.75 Å². The maximum Gasteiger partial charge on any atom is 0.295 e. The number of carbonyl (C=O) groups is 1. The van der Waals surface area contributed by atoms with Crippen LogP contribution in [0.5, 0.6) is 5.75 Å². The number of hydrogen-bond donors (Lipinski definition) is 2. The average molecular weight is 381 g/mol. The number of alkyl halides is 2. The quantitative estimate of drug-likeness (QED) is 0.531. The van der Waals surface area contributed by atoms with Crippen molar-refractivity contribution >= 4 is 27.7 Å². The summed E-state index contributed by atoms with van der Waals surface area (Å²) in [5.41, 5.74) is 2.01. The maximum atomic E-state index is 12.8. The van der Waals surface area contributed by atoms with Crippen molar-refractivity contribution in [1.29, 1.82) is 0 Å². The molecule has 0 radical (unpaired) electrons. The first-order valence-electron chi connectivity index (χ1n) is 8.67. The number of amides is 1. The number of halogens is 2. The molecule has 1 amide bonds. The summed E-state index contributed by atoms with van der Waals surface area (Å²) in [5, 5.41) is 4.92. The highest BCUT2D eigenvalue weighted by Gasteiger charge is 2.15. The molecule has 5 nitrogen and oxygen atoms in total. The van der Waals surface area contributed by atoms with Gasteiger partial charge in [-0.05, 0) is 35.0 Å². The molecule has 0 saturated heterocycles. The fourth-order valence-electron chi connectivity index (χ4n) is 3.23. The van der Waals surface area contributed by atoms with E-state index in [1.165, 1.54) is 6.07 Å². The van der Waals surface area contributed by atoms with Crippen molar-refractivity contribution in [3.8, 4) is 5.75 Å². The third-order valence-corrected chi connectivity index (χ3v) is 4.61. The van der Waals surface area contributed by atoms with E-state index in [4.69, 9.17) is 4.74 Å². The van der Waals surface area contributed by atoms with Gasteiger partial charge in [-0.15, -0.1) is 0 Å². The predicted octanol–water partition coefficient (Wildman–Crippen LogP) is 4.59. The van der Waals surface area contributed by atoms with E-state index in [-0.39, 0.29) is 12.5 Å². The summed E-state index contributed by atoms with van der Waals surface area (Å²) in [6.45, 7) is 0.270. The van der Waals surface area contributed by atoms with E-state index in [0.29, 0.717) is 22.3 Å². The number of aromatic amines is 1. The van der Waals surface area contributed by atoms with Crippen molar-refractivity contribution in [3.63, 3.8) is 0 Å². The van der Waals surface area contributed by atoms with E-state index in [1.54, 1.807) is 19.2 Å². The third kappa shape index (κ3) is 3.26. The highest BCUT2D eigenvalue weighted by Crippen LogP contribution is 2.28. The smallest absolute Gasteiger partial charge is 0.295 e. The summed E-state index contributed by atoms with van der Waals surface area (Å²) in [5.74, 6) is -0.0391. The summed E-state index contributed by atoms with van der Waals surface area (Å²) in [6, 6.07) is 16.3. The third-order valence-electron chi connectivity index (χ3n) is 4.61. The van der Waals surface area contributed by atoms with Crippen molar-refractivity contribution in [2.75, 3.05) is 7.11 Å². The Morgan fingerprint density at radius 1 is 1.18 bits per heavy atom. The first-order valence-corrected chi connectivity index (χ1v) is 8.67. The van der Waals surface area contributed by atoms with Crippen molar-refractivity contribution in [1.82, 2.24) is 15.3 Å². The van der Waals surface area contributed by atoms with Gasteiger partial charge in [0.05, 0.1) is 18.1 Å². The molecule has 0 aliphatic heterocycles. The standard InChI is InChI=1S/C21H17F2N3O2/c1-28-18-9-7-12-4-2-3-5-14(12)15(18)11-24-21(27)13-6-8-16-17(10-13)26-20(25-16)19(22)23/h2-10,19H,11H2,1H3,(H,24,27)(H,25,26). The van der Waals surface area contributed by atoms with Crippen LogP contribution < -0.4 is 10.1 Å². The molecule has 0 bridgehead atoms. The fraction of sp³-hybridized carbons (Fsp3) is 0.143. The molecule has 28 heavy (non-hydrogen) atoms. The number of nitrogens with one attached hydrogen (secondary N) is 2. The van der Waals surface area contributed by atoms with E-state index in [9.17, 15) is 13.6 Å². The number of aromatic nitrogens is 2. The predicted molar refractivity (Wildman–Crippen MR) is 103 cm³/mol. The Kier molecular flexibility index (Phi) is 4.65. The van der Waals surface area contributed by atoms with Gasteiger partial charge < -0.3 is 15.0 Å². The molecule has 0 atom stereocenters. The van der Waals surface area contributed by atoms with Crippen LogP contribution in [0.3, 0.4) is 0 Å². The minimum Gasteiger partial charge on any atom is -0.496 e. The van der Waals surface area contributed by atoms with E-state index >= 15 is 0 Å².